The number of unbranched alkanes of at least 4 members (excludes halogenated alkanes) is 2. The van der Waals surface area contributed by atoms with Crippen molar-refractivity contribution in [2.45, 2.75) is 52.4 Å². The summed E-state index contributed by atoms with van der Waals surface area (Å²) in [4.78, 5) is 0. The molecular formula is C20H26. The monoisotopic (exact) mass is 266 g/mol. The van der Waals surface area contributed by atoms with Gasteiger partial charge in [-0.15, -0.1) is 0 Å². The van der Waals surface area contributed by atoms with E-state index in [4.69, 9.17) is 0 Å². The second kappa shape index (κ2) is 7.89. The molecule has 0 saturated carbocycles. The third-order valence-corrected chi connectivity index (χ3v) is 3.80. The van der Waals surface area contributed by atoms with Crippen LogP contribution in [0.15, 0.2) is 48.5 Å². The number of hydrogen-bond acceptors (Lipinski definition) is 0. The lowest BCUT2D eigenvalue weighted by atomic mass is 9.95. The average Bonchev–Trinajstić information content (AvgIpc) is 2.51. The molecule has 0 N–H and O–H groups in total. The van der Waals surface area contributed by atoms with Gasteiger partial charge in [0.05, 0.1) is 0 Å². The predicted molar refractivity (Wildman–Crippen MR) is 89.1 cm³/mol. The number of hydrogen-bond donors (Lipinski definition) is 0. The lowest BCUT2D eigenvalue weighted by molar-refractivity contribution is 0.781. The minimum Gasteiger partial charge on any atom is -0.0654 e. The molecule has 0 heterocycles. The van der Waals surface area contributed by atoms with Crippen molar-refractivity contribution in [1.29, 1.82) is 0 Å². The molecule has 0 saturated heterocycles. The van der Waals surface area contributed by atoms with Gasteiger partial charge in [0.2, 0.25) is 0 Å². The molecule has 0 aliphatic carbocycles. The molecule has 2 aromatic rings. The molecular weight excluding hydrogens is 240 g/mol. The van der Waals surface area contributed by atoms with E-state index in [1.807, 2.05) is 0 Å². The summed E-state index contributed by atoms with van der Waals surface area (Å²) in [6.45, 7) is 4.53. The zero-order valence-corrected chi connectivity index (χ0v) is 12.9. The van der Waals surface area contributed by atoms with Crippen molar-refractivity contribution in [3.63, 3.8) is 0 Å². The van der Waals surface area contributed by atoms with E-state index in [1.165, 1.54) is 60.8 Å². The van der Waals surface area contributed by atoms with Gasteiger partial charge in [-0.25, -0.2) is 0 Å². The Kier molecular flexibility index (Phi) is 5.86. The molecule has 0 aromatic heterocycles. The van der Waals surface area contributed by atoms with Gasteiger partial charge in [-0.1, -0.05) is 75.2 Å². The van der Waals surface area contributed by atoms with Gasteiger partial charge < -0.3 is 0 Å². The highest BCUT2D eigenvalue weighted by Crippen LogP contribution is 2.24. The maximum atomic E-state index is 2.41. The standard InChI is InChI=1S/C20H26/c1-3-5-10-17-14-18(11-6-4-2)16-20(15-17)19-12-8-7-9-13-19/h7-9,12-16H,3-6,10-11H2,1-2H3. The summed E-state index contributed by atoms with van der Waals surface area (Å²) >= 11 is 0. The molecule has 2 aromatic carbocycles. The summed E-state index contributed by atoms with van der Waals surface area (Å²) in [5.41, 5.74) is 5.72. The van der Waals surface area contributed by atoms with Crippen LogP contribution in [-0.4, -0.2) is 0 Å². The third-order valence-electron chi connectivity index (χ3n) is 3.80. The van der Waals surface area contributed by atoms with E-state index in [2.05, 4.69) is 62.4 Å². The summed E-state index contributed by atoms with van der Waals surface area (Å²) < 4.78 is 0. The van der Waals surface area contributed by atoms with Crippen LogP contribution >= 0.6 is 0 Å². The highest BCUT2D eigenvalue weighted by molar-refractivity contribution is 5.65. The second-order valence-electron chi connectivity index (χ2n) is 5.61. The smallest absolute Gasteiger partial charge is 0.0179 e. The van der Waals surface area contributed by atoms with Crippen molar-refractivity contribution in [2.75, 3.05) is 0 Å². The molecule has 0 amide bonds. The van der Waals surface area contributed by atoms with Crippen LogP contribution in [0.3, 0.4) is 0 Å². The summed E-state index contributed by atoms with van der Waals surface area (Å²) in [5, 5.41) is 0. The van der Waals surface area contributed by atoms with Crippen molar-refractivity contribution < 1.29 is 0 Å². The van der Waals surface area contributed by atoms with Crippen molar-refractivity contribution in [1.82, 2.24) is 0 Å². The maximum Gasteiger partial charge on any atom is -0.0179 e. The average molecular weight is 266 g/mol. The van der Waals surface area contributed by atoms with E-state index in [1.54, 1.807) is 0 Å². The van der Waals surface area contributed by atoms with Crippen LogP contribution in [-0.2, 0) is 12.8 Å². The van der Waals surface area contributed by atoms with E-state index in [-0.39, 0.29) is 0 Å². The van der Waals surface area contributed by atoms with Crippen LogP contribution in [0.5, 0.6) is 0 Å². The van der Waals surface area contributed by atoms with Crippen LogP contribution in [0.2, 0.25) is 0 Å². The molecule has 20 heavy (non-hydrogen) atoms. The number of benzene rings is 2. The first-order chi connectivity index (χ1) is 9.83. The zero-order chi connectivity index (χ0) is 14.2. The number of aryl methyl sites for hydroxylation is 2. The van der Waals surface area contributed by atoms with Crippen LogP contribution in [0.25, 0.3) is 11.1 Å². The summed E-state index contributed by atoms with van der Waals surface area (Å²) in [5.74, 6) is 0. The Morgan fingerprint density at radius 3 is 1.70 bits per heavy atom. The molecule has 0 nitrogen and oxygen atoms in total. The van der Waals surface area contributed by atoms with Gasteiger partial charge in [-0.05, 0) is 47.9 Å². The van der Waals surface area contributed by atoms with E-state index in [0.29, 0.717) is 0 Å². The highest BCUT2D eigenvalue weighted by Gasteiger charge is 2.03. The van der Waals surface area contributed by atoms with E-state index < -0.39 is 0 Å². The first-order valence-electron chi connectivity index (χ1n) is 8.01. The van der Waals surface area contributed by atoms with Crippen LogP contribution in [0.1, 0.15) is 50.7 Å². The van der Waals surface area contributed by atoms with Gasteiger partial charge in [0.1, 0.15) is 0 Å². The molecule has 0 bridgehead atoms. The predicted octanol–water partition coefficient (Wildman–Crippen LogP) is 6.04. The first-order valence-corrected chi connectivity index (χ1v) is 8.01. The van der Waals surface area contributed by atoms with Gasteiger partial charge in [-0.2, -0.15) is 0 Å². The summed E-state index contributed by atoms with van der Waals surface area (Å²) in [6.07, 6.45) is 7.50. The molecule has 2 rings (SSSR count). The van der Waals surface area contributed by atoms with Gasteiger partial charge in [-0.3, -0.25) is 0 Å². The molecule has 0 heteroatoms. The third kappa shape index (κ3) is 4.23. The van der Waals surface area contributed by atoms with E-state index >= 15 is 0 Å². The molecule has 0 aliphatic rings. The summed E-state index contributed by atoms with van der Waals surface area (Å²) in [6, 6.07) is 17.9. The molecule has 106 valence electrons. The van der Waals surface area contributed by atoms with Crippen molar-refractivity contribution in [3.8, 4) is 11.1 Å². The van der Waals surface area contributed by atoms with Crippen molar-refractivity contribution in [3.05, 3.63) is 59.7 Å². The topological polar surface area (TPSA) is 0 Å². The van der Waals surface area contributed by atoms with Crippen molar-refractivity contribution >= 4 is 0 Å². The summed E-state index contributed by atoms with van der Waals surface area (Å²) in [7, 11) is 0. The minimum atomic E-state index is 1.20. The second-order valence-corrected chi connectivity index (χ2v) is 5.61. The highest BCUT2D eigenvalue weighted by atomic mass is 14.1. The largest absolute Gasteiger partial charge is 0.0654 e. The van der Waals surface area contributed by atoms with Gasteiger partial charge in [0, 0.05) is 0 Å². The Bertz CT molecular complexity index is 485. The maximum absolute atomic E-state index is 2.41. The van der Waals surface area contributed by atoms with Crippen LogP contribution < -0.4 is 0 Å². The van der Waals surface area contributed by atoms with Gasteiger partial charge >= 0.3 is 0 Å². The Morgan fingerprint density at radius 1 is 0.650 bits per heavy atom. The fourth-order valence-corrected chi connectivity index (χ4v) is 2.61. The molecule has 0 unspecified atom stereocenters. The fourth-order valence-electron chi connectivity index (χ4n) is 2.61. The minimum absolute atomic E-state index is 1.20. The van der Waals surface area contributed by atoms with Gasteiger partial charge in [0.25, 0.3) is 0 Å². The van der Waals surface area contributed by atoms with Crippen LogP contribution in [0, 0.1) is 0 Å². The molecule has 0 fully saturated rings. The van der Waals surface area contributed by atoms with E-state index in [0.717, 1.165) is 0 Å². The Balaban J connectivity index is 2.29. The van der Waals surface area contributed by atoms with Gasteiger partial charge in [0.15, 0.2) is 0 Å². The van der Waals surface area contributed by atoms with Crippen molar-refractivity contribution in [2.24, 2.45) is 0 Å². The number of rotatable bonds is 7. The lowest BCUT2D eigenvalue weighted by Gasteiger charge is -2.10. The quantitative estimate of drug-likeness (QED) is 0.573. The molecule has 0 radical (unpaired) electrons. The lowest BCUT2D eigenvalue weighted by Crippen LogP contribution is -1.92. The molecule has 0 spiro atoms. The fraction of sp³-hybridized carbons (Fsp3) is 0.400. The molecule has 0 atom stereocenters. The Hall–Kier alpha value is -1.56. The first kappa shape index (κ1) is 14.8. The zero-order valence-electron chi connectivity index (χ0n) is 12.9. The molecule has 0 aliphatic heterocycles. The Morgan fingerprint density at radius 2 is 1.20 bits per heavy atom. The normalized spacial score (nSPS) is 10.7. The van der Waals surface area contributed by atoms with E-state index in [9.17, 15) is 0 Å². The van der Waals surface area contributed by atoms with Crippen LogP contribution in [0.4, 0.5) is 0 Å². The Labute approximate surface area is 123 Å². The SMILES string of the molecule is CCCCc1cc(CCCC)cc(-c2ccccc2)c1.